The van der Waals surface area contributed by atoms with Gasteiger partial charge in [-0.1, -0.05) is 35.2 Å². The molecule has 1 saturated carbocycles. The van der Waals surface area contributed by atoms with E-state index in [4.69, 9.17) is 0 Å². The number of carbonyl (C=O) groups is 1. The topological polar surface area (TPSA) is 17.1 Å². The summed E-state index contributed by atoms with van der Waals surface area (Å²) in [7, 11) is 0. The second kappa shape index (κ2) is 6.05. The van der Waals surface area contributed by atoms with E-state index in [0.29, 0.717) is 5.25 Å². The van der Waals surface area contributed by atoms with Crippen molar-refractivity contribution in [2.24, 2.45) is 0 Å². The highest BCUT2D eigenvalue weighted by atomic mass is 79.9. The summed E-state index contributed by atoms with van der Waals surface area (Å²) in [5.74, 6) is 0.163. The summed E-state index contributed by atoms with van der Waals surface area (Å²) in [5.41, 5.74) is 0.865. The van der Waals surface area contributed by atoms with Crippen molar-refractivity contribution in [1.82, 2.24) is 0 Å². The van der Waals surface area contributed by atoms with Crippen LogP contribution in [0.1, 0.15) is 49.4 Å². The van der Waals surface area contributed by atoms with Crippen LogP contribution in [0.25, 0.3) is 0 Å². The smallest absolute Gasteiger partial charge is 0.160 e. The van der Waals surface area contributed by atoms with E-state index in [2.05, 4.69) is 22.0 Å². The van der Waals surface area contributed by atoms with Crippen LogP contribution in [0.3, 0.4) is 0 Å². The van der Waals surface area contributed by atoms with E-state index >= 15 is 0 Å². The summed E-state index contributed by atoms with van der Waals surface area (Å²) in [6, 6.07) is 5.95. The minimum atomic E-state index is 0.163. The zero-order valence-electron chi connectivity index (χ0n) is 10.0. The Labute approximate surface area is 115 Å². The molecule has 3 heteroatoms. The summed E-state index contributed by atoms with van der Waals surface area (Å²) in [5, 5.41) is 0.691. The first-order chi connectivity index (χ1) is 8.16. The Hall–Kier alpha value is -0.280. The van der Waals surface area contributed by atoms with Crippen molar-refractivity contribution in [1.29, 1.82) is 0 Å². The number of hydrogen-bond acceptors (Lipinski definition) is 2. The van der Waals surface area contributed by atoms with Crippen molar-refractivity contribution < 1.29 is 4.79 Å². The number of hydrogen-bond donors (Lipinski definition) is 0. The third-order valence-electron chi connectivity index (χ3n) is 3.17. The minimum absolute atomic E-state index is 0.163. The van der Waals surface area contributed by atoms with Crippen LogP contribution in [0, 0.1) is 0 Å². The van der Waals surface area contributed by atoms with Crippen molar-refractivity contribution in [2.75, 3.05) is 0 Å². The van der Waals surface area contributed by atoms with Gasteiger partial charge in [-0.25, -0.2) is 0 Å². The normalized spacial score (nSPS) is 17.1. The van der Waals surface area contributed by atoms with Gasteiger partial charge in [0.1, 0.15) is 0 Å². The molecule has 0 atom stereocenters. The lowest BCUT2D eigenvalue weighted by Gasteiger charge is -2.21. The summed E-state index contributed by atoms with van der Waals surface area (Å²) >= 11 is 5.37. The molecular weight excluding hydrogens is 296 g/mol. The molecule has 0 heterocycles. The Morgan fingerprint density at radius 3 is 2.65 bits per heavy atom. The highest BCUT2D eigenvalue weighted by Crippen LogP contribution is 2.36. The number of carbonyl (C=O) groups excluding carboxylic acids is 1. The van der Waals surface area contributed by atoms with Gasteiger partial charge in [-0.05, 0) is 38.0 Å². The van der Waals surface area contributed by atoms with Crippen molar-refractivity contribution in [3.8, 4) is 0 Å². The highest BCUT2D eigenvalue weighted by molar-refractivity contribution is 9.10. The first-order valence-electron chi connectivity index (χ1n) is 6.14. The number of benzene rings is 1. The Balaban J connectivity index is 2.17. The lowest BCUT2D eigenvalue weighted by molar-refractivity contribution is 0.101. The van der Waals surface area contributed by atoms with E-state index < -0.39 is 0 Å². The fourth-order valence-corrected chi connectivity index (χ4v) is 4.22. The molecular formula is C14H17BrOS. The molecule has 0 radical (unpaired) electrons. The average Bonchev–Trinajstić information content (AvgIpc) is 2.30. The average molecular weight is 313 g/mol. The summed E-state index contributed by atoms with van der Waals surface area (Å²) in [6.45, 7) is 1.65. The molecule has 17 heavy (non-hydrogen) atoms. The monoisotopic (exact) mass is 312 g/mol. The van der Waals surface area contributed by atoms with E-state index in [-0.39, 0.29) is 5.78 Å². The molecule has 0 saturated heterocycles. The van der Waals surface area contributed by atoms with Crippen LogP contribution < -0.4 is 0 Å². The molecule has 0 aromatic heterocycles. The van der Waals surface area contributed by atoms with Gasteiger partial charge in [-0.15, -0.1) is 11.8 Å². The summed E-state index contributed by atoms with van der Waals surface area (Å²) in [4.78, 5) is 12.7. The summed E-state index contributed by atoms with van der Waals surface area (Å²) < 4.78 is 1.06. The third-order valence-corrected chi connectivity index (χ3v) is 5.06. The van der Waals surface area contributed by atoms with Gasteiger partial charge < -0.3 is 0 Å². The lowest BCUT2D eigenvalue weighted by Crippen LogP contribution is -2.08. The molecule has 1 fully saturated rings. The quantitative estimate of drug-likeness (QED) is 0.724. The molecule has 0 N–H and O–H groups in total. The van der Waals surface area contributed by atoms with Crippen molar-refractivity contribution in [2.45, 2.75) is 49.2 Å². The van der Waals surface area contributed by atoms with Gasteiger partial charge in [0, 0.05) is 20.2 Å². The van der Waals surface area contributed by atoms with Gasteiger partial charge in [0.05, 0.1) is 0 Å². The van der Waals surface area contributed by atoms with Crippen molar-refractivity contribution in [3.05, 3.63) is 28.2 Å². The second-order valence-electron chi connectivity index (χ2n) is 4.57. The zero-order valence-corrected chi connectivity index (χ0v) is 12.4. The van der Waals surface area contributed by atoms with E-state index in [1.54, 1.807) is 6.92 Å². The molecule has 0 amide bonds. The molecule has 1 aromatic carbocycles. The number of thioether (sulfide) groups is 1. The van der Waals surface area contributed by atoms with Crippen LogP contribution in [0.2, 0.25) is 0 Å². The van der Waals surface area contributed by atoms with E-state index in [9.17, 15) is 4.79 Å². The third kappa shape index (κ3) is 3.59. The first-order valence-corrected chi connectivity index (χ1v) is 7.81. The van der Waals surface area contributed by atoms with Crippen LogP contribution >= 0.6 is 27.7 Å². The Bertz CT molecular complexity index is 411. The predicted molar refractivity (Wildman–Crippen MR) is 76.9 cm³/mol. The fraction of sp³-hybridized carbons (Fsp3) is 0.500. The van der Waals surface area contributed by atoms with Gasteiger partial charge in [-0.3, -0.25) is 4.79 Å². The van der Waals surface area contributed by atoms with Gasteiger partial charge in [0.2, 0.25) is 0 Å². The predicted octanol–water partition coefficient (Wildman–Crippen LogP) is 5.08. The summed E-state index contributed by atoms with van der Waals surface area (Å²) in [6.07, 6.45) is 6.61. The number of halogens is 1. The molecule has 1 aliphatic rings. The molecule has 0 unspecified atom stereocenters. The molecule has 1 nitrogen and oxygen atoms in total. The standard InChI is InChI=1S/C14H17BrOS/c1-10(16)13-8-7-11(15)9-14(13)17-12-5-3-2-4-6-12/h7-9,12H,2-6H2,1H3. The van der Waals surface area contributed by atoms with Gasteiger partial charge in [0.25, 0.3) is 0 Å². The maximum Gasteiger partial charge on any atom is 0.160 e. The first kappa shape index (κ1) is 13.2. The minimum Gasteiger partial charge on any atom is -0.294 e. The van der Waals surface area contributed by atoms with E-state index in [1.807, 2.05) is 23.9 Å². The van der Waals surface area contributed by atoms with E-state index in [0.717, 1.165) is 14.9 Å². The highest BCUT2D eigenvalue weighted by Gasteiger charge is 2.17. The van der Waals surface area contributed by atoms with E-state index in [1.165, 1.54) is 32.1 Å². The van der Waals surface area contributed by atoms with Crippen LogP contribution in [0.5, 0.6) is 0 Å². The van der Waals surface area contributed by atoms with Gasteiger partial charge in [-0.2, -0.15) is 0 Å². The molecule has 0 spiro atoms. The van der Waals surface area contributed by atoms with Crippen LogP contribution in [-0.2, 0) is 0 Å². The second-order valence-corrected chi connectivity index (χ2v) is 6.83. The maximum absolute atomic E-state index is 11.6. The van der Waals surface area contributed by atoms with Crippen molar-refractivity contribution >= 4 is 33.5 Å². The van der Waals surface area contributed by atoms with Gasteiger partial charge in [0.15, 0.2) is 5.78 Å². The molecule has 2 rings (SSSR count). The zero-order chi connectivity index (χ0) is 12.3. The molecule has 92 valence electrons. The number of rotatable bonds is 3. The van der Waals surface area contributed by atoms with Gasteiger partial charge >= 0.3 is 0 Å². The van der Waals surface area contributed by atoms with Crippen LogP contribution in [-0.4, -0.2) is 11.0 Å². The molecule has 1 aromatic rings. The van der Waals surface area contributed by atoms with Crippen molar-refractivity contribution in [3.63, 3.8) is 0 Å². The lowest BCUT2D eigenvalue weighted by atomic mass is 10.0. The van der Waals surface area contributed by atoms with Crippen LogP contribution in [0.15, 0.2) is 27.6 Å². The molecule has 0 bridgehead atoms. The molecule has 0 aliphatic heterocycles. The SMILES string of the molecule is CC(=O)c1ccc(Br)cc1SC1CCCCC1. The Morgan fingerprint density at radius 2 is 2.00 bits per heavy atom. The number of Topliss-reactive ketones (excluding diaryl/α,β-unsaturated/α-hetero) is 1. The fourth-order valence-electron chi connectivity index (χ4n) is 2.25. The largest absolute Gasteiger partial charge is 0.294 e. The maximum atomic E-state index is 11.6. The Kier molecular flexibility index (Phi) is 4.69. The number of ketones is 1. The Morgan fingerprint density at radius 1 is 1.29 bits per heavy atom. The van der Waals surface area contributed by atoms with Crippen LogP contribution in [0.4, 0.5) is 0 Å². The molecule has 1 aliphatic carbocycles.